The standard InChI is InChI=1S/C56H35N5/c1-3-15-41(16-4-1)56-60-54-50(61(56)42-18-5-2-6-19-42)35-34-45-44-21-9-11-24-48(44)57-52(51(45)54)39-30-26-36(27-31-39)37-28-32-40(33-29-37)55-58-49-25-12-10-22-47(49)53(59-55)46-23-13-17-38-14-7-8-20-43(38)46/h1-35H. The minimum absolute atomic E-state index is 0.703. The summed E-state index contributed by atoms with van der Waals surface area (Å²) in [5.74, 6) is 1.60. The Morgan fingerprint density at radius 3 is 1.67 bits per heavy atom. The van der Waals surface area contributed by atoms with E-state index in [4.69, 9.17) is 19.9 Å². The molecule has 0 atom stereocenters. The van der Waals surface area contributed by atoms with Gasteiger partial charge in [0.05, 0.1) is 33.5 Å². The van der Waals surface area contributed by atoms with Crippen LogP contribution >= 0.6 is 0 Å². The highest BCUT2D eigenvalue weighted by Gasteiger charge is 2.21. The molecule has 0 aliphatic heterocycles. The topological polar surface area (TPSA) is 56.5 Å². The number of imidazole rings is 1. The zero-order chi connectivity index (χ0) is 40.3. The van der Waals surface area contributed by atoms with E-state index in [1.165, 1.54) is 10.8 Å². The van der Waals surface area contributed by atoms with Crippen LogP contribution in [-0.4, -0.2) is 24.5 Å². The number of rotatable bonds is 6. The zero-order valence-electron chi connectivity index (χ0n) is 32.9. The third-order valence-electron chi connectivity index (χ3n) is 11.8. The molecule has 0 radical (unpaired) electrons. The maximum absolute atomic E-state index is 5.44. The van der Waals surface area contributed by atoms with Crippen LogP contribution in [0.15, 0.2) is 212 Å². The molecule has 3 aromatic heterocycles. The van der Waals surface area contributed by atoms with Crippen molar-refractivity contribution in [1.82, 2.24) is 24.5 Å². The van der Waals surface area contributed by atoms with Gasteiger partial charge < -0.3 is 0 Å². The van der Waals surface area contributed by atoms with E-state index >= 15 is 0 Å². The Balaban J connectivity index is 0.959. The van der Waals surface area contributed by atoms with Crippen LogP contribution in [0.5, 0.6) is 0 Å². The molecule has 0 saturated heterocycles. The lowest BCUT2D eigenvalue weighted by Gasteiger charge is -2.13. The fraction of sp³-hybridized carbons (Fsp3) is 0. The summed E-state index contributed by atoms with van der Waals surface area (Å²) >= 11 is 0. The number of benzene rings is 9. The van der Waals surface area contributed by atoms with Crippen molar-refractivity contribution in [3.05, 3.63) is 212 Å². The average Bonchev–Trinajstić information content (AvgIpc) is 3.74. The summed E-state index contributed by atoms with van der Waals surface area (Å²) in [5, 5.41) is 6.68. The molecule has 0 fully saturated rings. The van der Waals surface area contributed by atoms with Crippen molar-refractivity contribution in [3.63, 3.8) is 0 Å². The average molecular weight is 778 g/mol. The molecule has 9 aromatic carbocycles. The molecular weight excluding hydrogens is 743 g/mol. The van der Waals surface area contributed by atoms with E-state index in [0.29, 0.717) is 5.82 Å². The maximum Gasteiger partial charge on any atom is 0.160 e. The summed E-state index contributed by atoms with van der Waals surface area (Å²) in [4.78, 5) is 21.1. The number of para-hydroxylation sites is 3. The molecule has 0 aliphatic rings. The second-order valence-electron chi connectivity index (χ2n) is 15.4. The first kappa shape index (κ1) is 34.7. The number of hydrogen-bond donors (Lipinski definition) is 0. The van der Waals surface area contributed by atoms with E-state index < -0.39 is 0 Å². The molecule has 3 heterocycles. The van der Waals surface area contributed by atoms with Crippen molar-refractivity contribution in [2.75, 3.05) is 0 Å². The van der Waals surface area contributed by atoms with Crippen LogP contribution in [0.4, 0.5) is 0 Å². The number of hydrogen-bond acceptors (Lipinski definition) is 4. The highest BCUT2D eigenvalue weighted by molar-refractivity contribution is 6.20. The summed E-state index contributed by atoms with van der Waals surface area (Å²) in [6.45, 7) is 0. The maximum atomic E-state index is 5.44. The second kappa shape index (κ2) is 14.2. The molecule has 0 unspecified atom stereocenters. The molecule has 61 heavy (non-hydrogen) atoms. The Kier molecular flexibility index (Phi) is 8.10. The third-order valence-corrected chi connectivity index (χ3v) is 11.8. The Hall–Kier alpha value is -8.28. The first-order chi connectivity index (χ1) is 30.2. The van der Waals surface area contributed by atoms with Gasteiger partial charge in [-0.05, 0) is 57.6 Å². The predicted octanol–water partition coefficient (Wildman–Crippen LogP) is 14.2. The summed E-state index contributed by atoms with van der Waals surface area (Å²) in [7, 11) is 0. The Morgan fingerprint density at radius 1 is 0.328 bits per heavy atom. The Bertz CT molecular complexity index is 3610. The lowest BCUT2D eigenvalue weighted by Crippen LogP contribution is -1.97. The highest BCUT2D eigenvalue weighted by Crippen LogP contribution is 2.40. The van der Waals surface area contributed by atoms with Gasteiger partial charge in [-0.25, -0.2) is 19.9 Å². The van der Waals surface area contributed by atoms with Gasteiger partial charge in [-0.3, -0.25) is 4.57 Å². The van der Waals surface area contributed by atoms with Gasteiger partial charge in [0.15, 0.2) is 5.82 Å². The highest BCUT2D eigenvalue weighted by atomic mass is 15.1. The van der Waals surface area contributed by atoms with Crippen LogP contribution in [0.2, 0.25) is 0 Å². The molecule has 12 aromatic rings. The third kappa shape index (κ3) is 5.86. The fourth-order valence-electron chi connectivity index (χ4n) is 8.89. The summed E-state index contributed by atoms with van der Waals surface area (Å²) in [6, 6.07) is 74.3. The molecule has 5 nitrogen and oxygen atoms in total. The number of aromatic nitrogens is 5. The van der Waals surface area contributed by atoms with Crippen LogP contribution in [0.3, 0.4) is 0 Å². The van der Waals surface area contributed by atoms with E-state index in [0.717, 1.165) is 99.9 Å². The van der Waals surface area contributed by atoms with Crippen LogP contribution < -0.4 is 0 Å². The minimum Gasteiger partial charge on any atom is -0.292 e. The SMILES string of the molecule is c1ccc(-c2nc3c4c(-c5ccc(-c6ccc(-c7nc(-c8cccc9ccccc89)c8ccccc8n7)cc6)cc5)nc5ccccc5c4ccc3n2-c2ccccc2)cc1. The smallest absolute Gasteiger partial charge is 0.160 e. The van der Waals surface area contributed by atoms with E-state index in [-0.39, 0.29) is 0 Å². The largest absolute Gasteiger partial charge is 0.292 e. The van der Waals surface area contributed by atoms with Gasteiger partial charge in [0.2, 0.25) is 0 Å². The minimum atomic E-state index is 0.703. The summed E-state index contributed by atoms with van der Waals surface area (Å²) in [6.07, 6.45) is 0. The second-order valence-corrected chi connectivity index (χ2v) is 15.4. The van der Waals surface area contributed by atoms with E-state index in [9.17, 15) is 0 Å². The molecule has 5 heteroatoms. The van der Waals surface area contributed by atoms with Gasteiger partial charge in [0, 0.05) is 44.1 Å². The fourth-order valence-corrected chi connectivity index (χ4v) is 8.89. The molecule has 12 rings (SSSR count). The summed E-state index contributed by atoms with van der Waals surface area (Å²) in [5.41, 5.74) is 13.1. The zero-order valence-corrected chi connectivity index (χ0v) is 32.9. The van der Waals surface area contributed by atoms with Gasteiger partial charge in [0.25, 0.3) is 0 Å². The lowest BCUT2D eigenvalue weighted by atomic mass is 9.96. The van der Waals surface area contributed by atoms with Crippen LogP contribution in [0, 0.1) is 0 Å². The molecule has 0 aliphatic carbocycles. The molecule has 0 spiro atoms. The van der Waals surface area contributed by atoms with Crippen LogP contribution in [0.25, 0.3) is 116 Å². The van der Waals surface area contributed by atoms with Crippen LogP contribution in [0.1, 0.15) is 0 Å². The van der Waals surface area contributed by atoms with E-state index in [2.05, 4.69) is 205 Å². The molecule has 0 saturated carbocycles. The van der Waals surface area contributed by atoms with Gasteiger partial charge in [0.1, 0.15) is 5.82 Å². The van der Waals surface area contributed by atoms with E-state index in [1.807, 2.05) is 12.1 Å². The van der Waals surface area contributed by atoms with E-state index in [1.54, 1.807) is 0 Å². The van der Waals surface area contributed by atoms with Crippen molar-refractivity contribution in [2.24, 2.45) is 0 Å². The van der Waals surface area contributed by atoms with Gasteiger partial charge in [-0.15, -0.1) is 0 Å². The first-order valence-corrected chi connectivity index (χ1v) is 20.6. The predicted molar refractivity (Wildman–Crippen MR) is 252 cm³/mol. The molecule has 0 amide bonds. The van der Waals surface area contributed by atoms with Crippen molar-refractivity contribution in [3.8, 4) is 62.1 Å². The van der Waals surface area contributed by atoms with Gasteiger partial charge in [-0.1, -0.05) is 182 Å². The van der Waals surface area contributed by atoms with Crippen molar-refractivity contribution in [2.45, 2.75) is 0 Å². The first-order valence-electron chi connectivity index (χ1n) is 20.6. The van der Waals surface area contributed by atoms with Crippen molar-refractivity contribution < 1.29 is 0 Å². The van der Waals surface area contributed by atoms with Gasteiger partial charge in [-0.2, -0.15) is 0 Å². The normalized spacial score (nSPS) is 11.6. The number of nitrogens with zero attached hydrogens (tertiary/aromatic N) is 5. The number of fused-ring (bicyclic) bond motifs is 7. The van der Waals surface area contributed by atoms with Crippen LogP contribution in [-0.2, 0) is 0 Å². The Labute approximate surface area is 351 Å². The monoisotopic (exact) mass is 777 g/mol. The lowest BCUT2D eigenvalue weighted by molar-refractivity contribution is 1.10. The quantitative estimate of drug-likeness (QED) is 0.158. The van der Waals surface area contributed by atoms with Gasteiger partial charge >= 0.3 is 0 Å². The molecular formula is C56H35N5. The summed E-state index contributed by atoms with van der Waals surface area (Å²) < 4.78 is 2.27. The molecule has 0 bridgehead atoms. The molecule has 0 N–H and O–H groups in total. The van der Waals surface area contributed by atoms with Crippen molar-refractivity contribution in [1.29, 1.82) is 0 Å². The molecule has 284 valence electrons. The van der Waals surface area contributed by atoms with Crippen molar-refractivity contribution >= 4 is 54.4 Å². The number of pyridine rings is 1. The Morgan fingerprint density at radius 2 is 0.918 bits per heavy atom.